The summed E-state index contributed by atoms with van der Waals surface area (Å²) in [7, 11) is 2.05. The van der Waals surface area contributed by atoms with Gasteiger partial charge in [-0.25, -0.2) is 8.78 Å². The minimum atomic E-state index is -0.669. The fourth-order valence-electron chi connectivity index (χ4n) is 2.73. The number of anilines is 1. The molecular weight excluding hydrogens is 322 g/mol. The van der Waals surface area contributed by atoms with Gasteiger partial charge in [-0.15, -0.1) is 0 Å². The summed E-state index contributed by atoms with van der Waals surface area (Å²) in [5.74, 6) is -0.797. The third kappa shape index (κ3) is 4.67. The van der Waals surface area contributed by atoms with Crippen LogP contribution in [0.1, 0.15) is 18.5 Å². The topological polar surface area (TPSA) is 44.5 Å². The number of rotatable bonds is 6. The fraction of sp³-hybridized carbons (Fsp3) is 0.368. The maximum Gasteiger partial charge on any atom is 0.146 e. The molecule has 136 valence electrons. The quantitative estimate of drug-likeness (QED) is 0.776. The Balaban J connectivity index is 2.08. The minimum Gasteiger partial charge on any atom is -0.367 e. The number of hydrogen-bond acceptors (Lipinski definition) is 4. The van der Waals surface area contributed by atoms with Crippen LogP contribution in [-0.4, -0.2) is 38.1 Å². The molecule has 1 fully saturated rings. The summed E-state index contributed by atoms with van der Waals surface area (Å²) in [5, 5.41) is 2.74. The van der Waals surface area contributed by atoms with Crippen molar-refractivity contribution in [1.29, 1.82) is 0 Å². The highest BCUT2D eigenvalue weighted by Gasteiger charge is 2.19. The van der Waals surface area contributed by atoms with Gasteiger partial charge < -0.3 is 20.9 Å². The van der Waals surface area contributed by atoms with Gasteiger partial charge in [0.05, 0.1) is 17.4 Å². The van der Waals surface area contributed by atoms with Crippen LogP contribution in [0, 0.1) is 5.82 Å². The van der Waals surface area contributed by atoms with Gasteiger partial charge in [-0.2, -0.15) is 0 Å². The van der Waals surface area contributed by atoms with E-state index in [1.54, 1.807) is 19.1 Å². The number of nitrogens with zero attached hydrogens (tertiary/aromatic N) is 2. The Labute approximate surface area is 148 Å². The van der Waals surface area contributed by atoms with Crippen molar-refractivity contribution in [3.63, 3.8) is 0 Å². The molecule has 0 saturated carbocycles. The minimum absolute atomic E-state index is 0.0810. The smallest absolute Gasteiger partial charge is 0.146 e. The van der Waals surface area contributed by atoms with E-state index >= 15 is 0 Å². The second-order valence-corrected chi connectivity index (χ2v) is 6.24. The number of nitrogens with one attached hydrogen (secondary N) is 1. The van der Waals surface area contributed by atoms with Crippen molar-refractivity contribution in [2.45, 2.75) is 13.0 Å². The number of hydrogen-bond donors (Lipinski definition) is 2. The summed E-state index contributed by atoms with van der Waals surface area (Å²) in [6.45, 7) is 12.3. The lowest BCUT2D eigenvalue weighted by Gasteiger charge is -2.34. The van der Waals surface area contributed by atoms with Crippen molar-refractivity contribution in [1.82, 2.24) is 10.2 Å². The summed E-state index contributed by atoms with van der Waals surface area (Å²) in [6, 6.07) is 4.27. The van der Waals surface area contributed by atoms with E-state index in [4.69, 9.17) is 5.73 Å². The predicted octanol–water partition coefficient (Wildman–Crippen LogP) is 3.07. The fourth-order valence-corrected chi connectivity index (χ4v) is 2.73. The SMILES string of the molecule is C=C(NC(=C)[C@@H](N)c1ccc(N2CCN(C)CC2)c(F)c1)/C(F)=C\C. The lowest BCUT2D eigenvalue weighted by molar-refractivity contribution is 0.311. The molecule has 1 heterocycles. The summed E-state index contributed by atoms with van der Waals surface area (Å²) in [6.07, 6.45) is 1.29. The van der Waals surface area contributed by atoms with Gasteiger partial charge in [0, 0.05) is 31.9 Å². The Morgan fingerprint density at radius 3 is 2.48 bits per heavy atom. The molecule has 0 radical (unpaired) electrons. The van der Waals surface area contributed by atoms with Crippen LogP contribution >= 0.6 is 0 Å². The first-order valence-corrected chi connectivity index (χ1v) is 8.29. The van der Waals surface area contributed by atoms with Crippen molar-refractivity contribution in [3.8, 4) is 0 Å². The summed E-state index contributed by atoms with van der Waals surface area (Å²) < 4.78 is 28.0. The first-order valence-electron chi connectivity index (χ1n) is 8.29. The highest BCUT2D eigenvalue weighted by Crippen LogP contribution is 2.26. The monoisotopic (exact) mass is 348 g/mol. The maximum atomic E-state index is 14.6. The summed E-state index contributed by atoms with van der Waals surface area (Å²) >= 11 is 0. The molecule has 0 amide bonds. The second-order valence-electron chi connectivity index (χ2n) is 6.24. The van der Waals surface area contributed by atoms with Gasteiger partial charge in [-0.1, -0.05) is 19.2 Å². The summed E-state index contributed by atoms with van der Waals surface area (Å²) in [4.78, 5) is 4.24. The Morgan fingerprint density at radius 2 is 1.92 bits per heavy atom. The number of piperazine rings is 1. The summed E-state index contributed by atoms with van der Waals surface area (Å²) in [5.41, 5.74) is 7.70. The molecule has 4 nitrogen and oxygen atoms in total. The van der Waals surface area contributed by atoms with E-state index in [1.165, 1.54) is 12.1 Å². The van der Waals surface area contributed by atoms with Gasteiger partial charge in [-0.05, 0) is 37.7 Å². The van der Waals surface area contributed by atoms with E-state index < -0.39 is 11.9 Å². The van der Waals surface area contributed by atoms with Crippen LogP contribution in [0.15, 0.2) is 54.7 Å². The molecule has 1 aromatic rings. The van der Waals surface area contributed by atoms with Gasteiger partial charge in [0.2, 0.25) is 0 Å². The lowest BCUT2D eigenvalue weighted by Crippen LogP contribution is -2.44. The number of allylic oxidation sites excluding steroid dienone is 2. The number of likely N-dealkylation sites (N-methyl/N-ethyl adjacent to an activating group) is 1. The van der Waals surface area contributed by atoms with Crippen LogP contribution in [-0.2, 0) is 0 Å². The van der Waals surface area contributed by atoms with Crippen LogP contribution < -0.4 is 16.0 Å². The normalized spacial score (nSPS) is 17.3. The number of halogens is 2. The molecule has 3 N–H and O–H groups in total. The molecule has 1 saturated heterocycles. The Hall–Kier alpha value is -2.18. The largest absolute Gasteiger partial charge is 0.367 e. The zero-order valence-corrected chi connectivity index (χ0v) is 14.9. The highest BCUT2D eigenvalue weighted by atomic mass is 19.1. The Morgan fingerprint density at radius 1 is 1.28 bits per heavy atom. The van der Waals surface area contributed by atoms with Crippen molar-refractivity contribution < 1.29 is 8.78 Å². The van der Waals surface area contributed by atoms with Gasteiger partial charge in [0.1, 0.15) is 11.6 Å². The van der Waals surface area contributed by atoms with Crippen LogP contribution in [0.25, 0.3) is 0 Å². The zero-order chi connectivity index (χ0) is 18.6. The standard InChI is InChI=1S/C19H26F2N4/c1-5-16(20)13(2)23-14(3)19(22)15-6-7-18(17(21)12-15)25-10-8-24(4)9-11-25/h5-7,12,19,23H,2-3,8-11,22H2,1,4H3/b16-5+/t19-/m1/s1. The van der Waals surface area contributed by atoms with E-state index in [1.807, 2.05) is 4.90 Å². The van der Waals surface area contributed by atoms with Gasteiger partial charge in [0.25, 0.3) is 0 Å². The third-order valence-corrected chi connectivity index (χ3v) is 4.40. The molecule has 0 bridgehead atoms. The van der Waals surface area contributed by atoms with E-state index in [-0.39, 0.29) is 11.5 Å². The lowest BCUT2D eigenvalue weighted by atomic mass is 10.0. The second kappa shape index (κ2) is 8.27. The first-order chi connectivity index (χ1) is 11.8. The van der Waals surface area contributed by atoms with Crippen molar-refractivity contribution >= 4 is 5.69 Å². The average Bonchev–Trinajstić information content (AvgIpc) is 2.61. The van der Waals surface area contributed by atoms with Gasteiger partial charge in [0.15, 0.2) is 0 Å². The van der Waals surface area contributed by atoms with Crippen LogP contribution in [0.2, 0.25) is 0 Å². The molecule has 1 atom stereocenters. The molecule has 0 aliphatic carbocycles. The molecule has 0 unspecified atom stereocenters. The Kier molecular flexibility index (Phi) is 6.33. The molecular formula is C19H26F2N4. The number of nitrogens with two attached hydrogens (primary N) is 1. The van der Waals surface area contributed by atoms with Crippen LogP contribution in [0.3, 0.4) is 0 Å². The first kappa shape index (κ1) is 19.1. The molecule has 1 aliphatic heterocycles. The molecule has 25 heavy (non-hydrogen) atoms. The number of benzene rings is 1. The molecule has 1 aliphatic rings. The van der Waals surface area contributed by atoms with E-state index in [0.717, 1.165) is 26.2 Å². The average molecular weight is 348 g/mol. The molecule has 0 aromatic heterocycles. The van der Waals surface area contributed by atoms with Gasteiger partial charge >= 0.3 is 0 Å². The molecule has 1 aromatic carbocycles. The third-order valence-electron chi connectivity index (χ3n) is 4.40. The van der Waals surface area contributed by atoms with E-state index in [0.29, 0.717) is 16.9 Å². The van der Waals surface area contributed by atoms with Crippen LogP contribution in [0.4, 0.5) is 14.5 Å². The van der Waals surface area contributed by atoms with E-state index in [2.05, 4.69) is 30.4 Å². The van der Waals surface area contributed by atoms with Crippen molar-refractivity contribution in [2.24, 2.45) is 5.73 Å². The molecule has 0 spiro atoms. The molecule has 6 heteroatoms. The predicted molar refractivity (Wildman–Crippen MR) is 99.3 cm³/mol. The maximum absolute atomic E-state index is 14.6. The highest BCUT2D eigenvalue weighted by molar-refractivity contribution is 5.50. The van der Waals surface area contributed by atoms with Crippen molar-refractivity contribution in [2.75, 3.05) is 38.1 Å². The van der Waals surface area contributed by atoms with E-state index in [9.17, 15) is 8.78 Å². The van der Waals surface area contributed by atoms with Gasteiger partial charge in [-0.3, -0.25) is 0 Å². The van der Waals surface area contributed by atoms with Crippen molar-refractivity contribution in [3.05, 3.63) is 66.0 Å². The Bertz CT molecular complexity index is 676. The molecule has 2 rings (SSSR count). The zero-order valence-electron chi connectivity index (χ0n) is 14.9. The van der Waals surface area contributed by atoms with Crippen LogP contribution in [0.5, 0.6) is 0 Å².